The highest BCUT2D eigenvalue weighted by molar-refractivity contribution is 5.13. The van der Waals surface area contributed by atoms with Crippen LogP contribution in [0.1, 0.15) is 70.6 Å². The minimum atomic E-state index is 0.907. The molecule has 4 atom stereocenters. The molecule has 0 bridgehead atoms. The first-order valence-electron chi connectivity index (χ1n) is 7.33. The molecule has 4 rings (SSSR count). The normalized spacial score (nSPS) is 56.8. The third kappa shape index (κ3) is 1.26. The Balaban J connectivity index is 1.48. The van der Waals surface area contributed by atoms with E-state index in [0.29, 0.717) is 0 Å². The molecule has 4 unspecified atom stereocenters. The quantitative estimate of drug-likeness (QED) is 0.619. The summed E-state index contributed by atoms with van der Waals surface area (Å²) in [5, 5.41) is 0. The van der Waals surface area contributed by atoms with Crippen molar-refractivity contribution in [2.24, 2.45) is 22.7 Å². The number of hydrogen-bond donors (Lipinski definition) is 0. The summed E-state index contributed by atoms with van der Waals surface area (Å²) in [5.74, 6) is 2.37. The Hall–Kier alpha value is 0. The molecule has 0 N–H and O–H groups in total. The number of fused-ring (bicyclic) bond motifs is 2. The summed E-state index contributed by atoms with van der Waals surface area (Å²) < 4.78 is 0. The van der Waals surface area contributed by atoms with E-state index in [4.69, 9.17) is 0 Å². The average molecular weight is 204 g/mol. The number of hydrogen-bond acceptors (Lipinski definition) is 0. The van der Waals surface area contributed by atoms with E-state index in [-0.39, 0.29) is 0 Å². The third-order valence-corrected chi connectivity index (χ3v) is 6.38. The zero-order chi connectivity index (χ0) is 9.93. The van der Waals surface area contributed by atoms with Gasteiger partial charge in [0, 0.05) is 0 Å². The van der Waals surface area contributed by atoms with Crippen molar-refractivity contribution in [3.05, 3.63) is 0 Å². The van der Waals surface area contributed by atoms with Crippen LogP contribution in [0, 0.1) is 22.7 Å². The predicted molar refractivity (Wildman–Crippen MR) is 62.6 cm³/mol. The van der Waals surface area contributed by atoms with Crippen LogP contribution >= 0.6 is 0 Å². The first-order chi connectivity index (χ1) is 7.33. The Kier molecular flexibility index (Phi) is 1.70. The van der Waals surface area contributed by atoms with Gasteiger partial charge < -0.3 is 0 Å². The lowest BCUT2D eigenvalue weighted by atomic mass is 9.75. The van der Waals surface area contributed by atoms with Gasteiger partial charge in [0.1, 0.15) is 0 Å². The Morgan fingerprint density at radius 1 is 0.733 bits per heavy atom. The first kappa shape index (κ1) is 9.07. The van der Waals surface area contributed by atoms with Gasteiger partial charge in [-0.3, -0.25) is 0 Å². The van der Waals surface area contributed by atoms with Crippen LogP contribution in [-0.2, 0) is 0 Å². The fourth-order valence-electron chi connectivity index (χ4n) is 5.34. The molecule has 0 aliphatic heterocycles. The molecule has 4 fully saturated rings. The van der Waals surface area contributed by atoms with Crippen molar-refractivity contribution in [2.75, 3.05) is 0 Å². The van der Waals surface area contributed by atoms with E-state index in [1.54, 1.807) is 70.6 Å². The monoisotopic (exact) mass is 204 g/mol. The Morgan fingerprint density at radius 2 is 1.27 bits per heavy atom. The standard InChI is InChI=1S/C15H24/c1-3-7-14(9-12(14)5-1)11-15-8-4-2-6-13(15)10-15/h12-13H,1-11H2. The molecule has 0 amide bonds. The van der Waals surface area contributed by atoms with Gasteiger partial charge in [0.05, 0.1) is 0 Å². The first-order valence-corrected chi connectivity index (χ1v) is 7.33. The smallest absolute Gasteiger partial charge is 0.0261 e. The minimum Gasteiger partial charge on any atom is -0.0530 e. The van der Waals surface area contributed by atoms with E-state index in [1.807, 2.05) is 0 Å². The Morgan fingerprint density at radius 3 is 1.73 bits per heavy atom. The van der Waals surface area contributed by atoms with Crippen LogP contribution in [0.2, 0.25) is 0 Å². The van der Waals surface area contributed by atoms with Gasteiger partial charge in [-0.1, -0.05) is 25.7 Å². The summed E-state index contributed by atoms with van der Waals surface area (Å²) in [4.78, 5) is 0. The zero-order valence-corrected chi connectivity index (χ0v) is 9.93. The van der Waals surface area contributed by atoms with Crippen LogP contribution in [0.4, 0.5) is 0 Å². The van der Waals surface area contributed by atoms with Crippen LogP contribution in [0.5, 0.6) is 0 Å². The van der Waals surface area contributed by atoms with Crippen molar-refractivity contribution in [1.29, 1.82) is 0 Å². The summed E-state index contributed by atoms with van der Waals surface area (Å²) in [7, 11) is 0. The fraction of sp³-hybridized carbons (Fsp3) is 1.00. The topological polar surface area (TPSA) is 0 Å². The summed E-state index contributed by atoms with van der Waals surface area (Å²) >= 11 is 0. The number of rotatable bonds is 2. The van der Waals surface area contributed by atoms with Crippen LogP contribution < -0.4 is 0 Å². The van der Waals surface area contributed by atoms with E-state index in [0.717, 1.165) is 10.8 Å². The van der Waals surface area contributed by atoms with Crippen molar-refractivity contribution in [3.63, 3.8) is 0 Å². The predicted octanol–water partition coefficient (Wildman–Crippen LogP) is 4.54. The lowest BCUT2D eigenvalue weighted by molar-refractivity contribution is 0.209. The molecule has 4 aliphatic carbocycles. The maximum Gasteiger partial charge on any atom is -0.0261 e. The van der Waals surface area contributed by atoms with Crippen molar-refractivity contribution >= 4 is 0 Å². The molecular weight excluding hydrogens is 180 g/mol. The molecule has 4 aliphatic rings. The zero-order valence-electron chi connectivity index (χ0n) is 9.93. The molecule has 0 heterocycles. The highest BCUT2D eigenvalue weighted by Gasteiger charge is 2.63. The molecule has 0 aromatic rings. The highest BCUT2D eigenvalue weighted by Crippen LogP contribution is 2.74. The van der Waals surface area contributed by atoms with Crippen LogP contribution in [0.3, 0.4) is 0 Å². The van der Waals surface area contributed by atoms with Crippen LogP contribution in [0.15, 0.2) is 0 Å². The molecule has 0 radical (unpaired) electrons. The molecule has 0 aromatic heterocycles. The maximum absolute atomic E-state index is 1.66. The second-order valence-electron chi connectivity index (χ2n) is 7.20. The van der Waals surface area contributed by atoms with Gasteiger partial charge in [-0.25, -0.2) is 0 Å². The second-order valence-corrected chi connectivity index (χ2v) is 7.20. The summed E-state index contributed by atoms with van der Waals surface area (Å²) in [5.41, 5.74) is 1.81. The van der Waals surface area contributed by atoms with E-state index < -0.39 is 0 Å². The van der Waals surface area contributed by atoms with E-state index in [1.165, 1.54) is 11.8 Å². The van der Waals surface area contributed by atoms with E-state index >= 15 is 0 Å². The van der Waals surface area contributed by atoms with Crippen molar-refractivity contribution in [2.45, 2.75) is 70.6 Å². The average Bonchev–Trinajstić information content (AvgIpc) is 3.09. The van der Waals surface area contributed by atoms with Gasteiger partial charge in [0.15, 0.2) is 0 Å². The van der Waals surface area contributed by atoms with Gasteiger partial charge in [0.25, 0.3) is 0 Å². The minimum absolute atomic E-state index is 0.907. The van der Waals surface area contributed by atoms with Crippen LogP contribution in [0.25, 0.3) is 0 Å². The Bertz CT molecular complexity index is 254. The molecular formula is C15H24. The van der Waals surface area contributed by atoms with Crippen molar-refractivity contribution < 1.29 is 0 Å². The lowest BCUT2D eigenvalue weighted by Crippen LogP contribution is -2.19. The van der Waals surface area contributed by atoms with Crippen molar-refractivity contribution in [1.82, 2.24) is 0 Å². The van der Waals surface area contributed by atoms with Gasteiger partial charge in [-0.15, -0.1) is 0 Å². The van der Waals surface area contributed by atoms with Crippen molar-refractivity contribution in [3.8, 4) is 0 Å². The molecule has 0 spiro atoms. The van der Waals surface area contributed by atoms with Gasteiger partial charge in [0.2, 0.25) is 0 Å². The largest absolute Gasteiger partial charge is 0.0530 e. The maximum atomic E-state index is 1.66. The molecule has 0 aromatic carbocycles. The van der Waals surface area contributed by atoms with Gasteiger partial charge >= 0.3 is 0 Å². The summed E-state index contributed by atoms with van der Waals surface area (Å²) in [6, 6.07) is 0. The molecule has 0 saturated heterocycles. The molecule has 84 valence electrons. The molecule has 0 nitrogen and oxygen atoms in total. The van der Waals surface area contributed by atoms with E-state index in [9.17, 15) is 0 Å². The third-order valence-electron chi connectivity index (χ3n) is 6.38. The SMILES string of the molecule is C1CCC2(CC34CCCCC3C4)CC2C1. The van der Waals surface area contributed by atoms with Gasteiger partial charge in [-0.05, 0) is 67.6 Å². The fourth-order valence-corrected chi connectivity index (χ4v) is 5.34. The molecule has 0 heteroatoms. The van der Waals surface area contributed by atoms with Gasteiger partial charge in [-0.2, -0.15) is 0 Å². The lowest BCUT2D eigenvalue weighted by Gasteiger charge is -2.30. The Labute approximate surface area is 93.8 Å². The second kappa shape index (κ2) is 2.81. The summed E-state index contributed by atoms with van der Waals surface area (Å²) in [6.07, 6.45) is 17.5. The van der Waals surface area contributed by atoms with Crippen LogP contribution in [-0.4, -0.2) is 0 Å². The molecule has 4 saturated carbocycles. The van der Waals surface area contributed by atoms with E-state index in [2.05, 4.69) is 0 Å². The summed E-state index contributed by atoms with van der Waals surface area (Å²) in [6.45, 7) is 0. The molecule has 15 heavy (non-hydrogen) atoms. The highest BCUT2D eigenvalue weighted by atomic mass is 14.7.